The normalized spacial score (nSPS) is 17.3. The van der Waals surface area contributed by atoms with Crippen molar-refractivity contribution in [1.82, 2.24) is 10.3 Å². The van der Waals surface area contributed by atoms with Crippen LogP contribution in [0.4, 0.5) is 0 Å². The van der Waals surface area contributed by atoms with Gasteiger partial charge < -0.3 is 5.32 Å². The van der Waals surface area contributed by atoms with Crippen molar-refractivity contribution in [2.45, 2.75) is 51.1 Å². The summed E-state index contributed by atoms with van der Waals surface area (Å²) in [5.74, 6) is 0. The molecule has 0 spiro atoms. The molecule has 0 bridgehead atoms. The van der Waals surface area contributed by atoms with Crippen LogP contribution in [0.25, 0.3) is 0 Å². The van der Waals surface area contributed by atoms with Crippen LogP contribution in [-0.4, -0.2) is 11.0 Å². The fraction of sp³-hybridized carbons (Fsp3) is 0.727. The van der Waals surface area contributed by atoms with Gasteiger partial charge in [-0.15, -0.1) is 11.3 Å². The molecule has 3 heteroatoms. The molecule has 1 fully saturated rings. The summed E-state index contributed by atoms with van der Waals surface area (Å²) in [7, 11) is 0. The van der Waals surface area contributed by atoms with Crippen LogP contribution in [0.2, 0.25) is 0 Å². The fourth-order valence-corrected chi connectivity index (χ4v) is 2.84. The number of thiazole rings is 1. The summed E-state index contributed by atoms with van der Waals surface area (Å²) in [4.78, 5) is 4.47. The monoisotopic (exact) mass is 210 g/mol. The summed E-state index contributed by atoms with van der Waals surface area (Å²) in [5, 5.41) is 7.09. The fourth-order valence-electron chi connectivity index (χ4n) is 1.90. The molecule has 1 aromatic heterocycles. The van der Waals surface area contributed by atoms with Gasteiger partial charge in [-0.25, -0.2) is 4.98 Å². The van der Waals surface area contributed by atoms with Crippen molar-refractivity contribution < 1.29 is 0 Å². The van der Waals surface area contributed by atoms with Gasteiger partial charge in [0.05, 0.1) is 5.54 Å². The molecule has 0 saturated heterocycles. The van der Waals surface area contributed by atoms with Crippen molar-refractivity contribution in [3.8, 4) is 0 Å². The molecular weight excluding hydrogens is 192 g/mol. The molecule has 1 N–H and O–H groups in total. The van der Waals surface area contributed by atoms with E-state index in [0.717, 1.165) is 18.9 Å². The van der Waals surface area contributed by atoms with Gasteiger partial charge >= 0.3 is 0 Å². The third kappa shape index (κ3) is 1.84. The quantitative estimate of drug-likeness (QED) is 0.808. The highest BCUT2D eigenvalue weighted by Crippen LogP contribution is 2.34. The predicted molar refractivity (Wildman–Crippen MR) is 60.5 cm³/mol. The van der Waals surface area contributed by atoms with E-state index < -0.39 is 0 Å². The van der Waals surface area contributed by atoms with Crippen LogP contribution < -0.4 is 5.32 Å². The second kappa shape index (κ2) is 3.99. The van der Waals surface area contributed by atoms with Crippen LogP contribution in [0.3, 0.4) is 0 Å². The molecule has 14 heavy (non-hydrogen) atoms. The Morgan fingerprint density at radius 3 is 2.64 bits per heavy atom. The smallest absolute Gasteiger partial charge is 0.113 e. The Balaban J connectivity index is 2.18. The van der Waals surface area contributed by atoms with E-state index in [9.17, 15) is 0 Å². The van der Waals surface area contributed by atoms with E-state index in [2.05, 4.69) is 29.5 Å². The highest BCUT2D eigenvalue weighted by atomic mass is 32.1. The topological polar surface area (TPSA) is 24.9 Å². The van der Waals surface area contributed by atoms with Gasteiger partial charge in [0.1, 0.15) is 5.01 Å². The van der Waals surface area contributed by atoms with Crippen molar-refractivity contribution in [3.05, 3.63) is 16.6 Å². The van der Waals surface area contributed by atoms with E-state index in [4.69, 9.17) is 0 Å². The summed E-state index contributed by atoms with van der Waals surface area (Å²) in [6.45, 7) is 4.50. The Morgan fingerprint density at radius 2 is 2.21 bits per heavy atom. The van der Waals surface area contributed by atoms with Crippen LogP contribution in [-0.2, 0) is 5.54 Å². The van der Waals surface area contributed by atoms with Crippen LogP contribution in [0, 0.1) is 0 Å². The predicted octanol–water partition coefficient (Wildman–Crippen LogP) is 2.91. The summed E-state index contributed by atoms with van der Waals surface area (Å²) in [6.07, 6.45) is 6.86. The van der Waals surface area contributed by atoms with E-state index in [-0.39, 0.29) is 5.54 Å². The van der Waals surface area contributed by atoms with Crippen LogP contribution in [0.1, 0.15) is 44.5 Å². The molecule has 1 aliphatic carbocycles. The highest BCUT2D eigenvalue weighted by molar-refractivity contribution is 7.09. The SMILES string of the molecule is CCC(CC)(NC1CC1)c1nccs1. The first kappa shape index (κ1) is 10.1. The van der Waals surface area contributed by atoms with Gasteiger partial charge in [0.25, 0.3) is 0 Å². The molecule has 0 radical (unpaired) electrons. The van der Waals surface area contributed by atoms with Gasteiger partial charge in [0, 0.05) is 17.6 Å². The van der Waals surface area contributed by atoms with Crippen molar-refractivity contribution in [3.63, 3.8) is 0 Å². The maximum atomic E-state index is 4.47. The largest absolute Gasteiger partial charge is 0.303 e. The minimum absolute atomic E-state index is 0.148. The lowest BCUT2D eigenvalue weighted by molar-refractivity contribution is 0.303. The summed E-state index contributed by atoms with van der Waals surface area (Å²) in [6, 6.07) is 0.749. The second-order valence-corrected chi connectivity index (χ2v) is 4.94. The van der Waals surface area contributed by atoms with E-state index >= 15 is 0 Å². The highest BCUT2D eigenvalue weighted by Gasteiger charge is 2.36. The van der Waals surface area contributed by atoms with Crippen LogP contribution >= 0.6 is 11.3 Å². The molecule has 1 saturated carbocycles. The first-order valence-electron chi connectivity index (χ1n) is 5.48. The molecule has 1 heterocycles. The van der Waals surface area contributed by atoms with E-state index in [0.29, 0.717) is 0 Å². The third-order valence-corrected chi connectivity index (χ3v) is 4.08. The number of aromatic nitrogens is 1. The van der Waals surface area contributed by atoms with E-state index in [1.807, 2.05) is 6.20 Å². The molecule has 78 valence electrons. The second-order valence-electron chi connectivity index (χ2n) is 4.05. The first-order chi connectivity index (χ1) is 6.80. The van der Waals surface area contributed by atoms with Gasteiger partial charge in [0.2, 0.25) is 0 Å². The van der Waals surface area contributed by atoms with Crippen LogP contribution in [0.5, 0.6) is 0 Å². The Hall–Kier alpha value is -0.410. The molecule has 0 amide bonds. The number of hydrogen-bond acceptors (Lipinski definition) is 3. The number of rotatable bonds is 5. The first-order valence-corrected chi connectivity index (χ1v) is 6.36. The molecule has 0 atom stereocenters. The Bertz CT molecular complexity index is 273. The summed E-state index contributed by atoms with van der Waals surface area (Å²) >= 11 is 1.78. The van der Waals surface area contributed by atoms with Gasteiger partial charge in [0.15, 0.2) is 0 Å². The standard InChI is InChI=1S/C11H18N2S/c1-3-11(4-2,13-9-5-6-9)10-12-7-8-14-10/h7-9,13H,3-6H2,1-2H3. The zero-order valence-corrected chi connectivity index (χ0v) is 9.73. The molecule has 1 aromatic rings. The van der Waals surface area contributed by atoms with Crippen LogP contribution in [0.15, 0.2) is 11.6 Å². The number of hydrogen-bond donors (Lipinski definition) is 1. The van der Waals surface area contributed by atoms with Crippen molar-refractivity contribution in [2.24, 2.45) is 0 Å². The van der Waals surface area contributed by atoms with Gasteiger partial charge in [-0.2, -0.15) is 0 Å². The number of nitrogens with zero attached hydrogens (tertiary/aromatic N) is 1. The van der Waals surface area contributed by atoms with E-state index in [1.165, 1.54) is 17.8 Å². The molecule has 0 aromatic carbocycles. The molecular formula is C11H18N2S. The Kier molecular flexibility index (Phi) is 2.88. The van der Waals surface area contributed by atoms with Gasteiger partial charge in [-0.1, -0.05) is 13.8 Å². The lowest BCUT2D eigenvalue weighted by Gasteiger charge is -2.31. The third-order valence-electron chi connectivity index (χ3n) is 3.11. The average Bonchev–Trinajstić information content (AvgIpc) is 2.85. The van der Waals surface area contributed by atoms with Crippen molar-refractivity contribution in [2.75, 3.05) is 0 Å². The summed E-state index contributed by atoms with van der Waals surface area (Å²) < 4.78 is 0. The van der Waals surface area contributed by atoms with Crippen molar-refractivity contribution >= 4 is 11.3 Å². The zero-order chi connectivity index (χ0) is 10.0. The van der Waals surface area contributed by atoms with Gasteiger partial charge in [-0.3, -0.25) is 0 Å². The Labute approximate surface area is 89.8 Å². The van der Waals surface area contributed by atoms with E-state index in [1.54, 1.807) is 11.3 Å². The maximum absolute atomic E-state index is 4.47. The maximum Gasteiger partial charge on any atom is 0.113 e. The molecule has 0 aliphatic heterocycles. The average molecular weight is 210 g/mol. The minimum Gasteiger partial charge on any atom is -0.303 e. The number of nitrogens with one attached hydrogen (secondary N) is 1. The lowest BCUT2D eigenvalue weighted by Crippen LogP contribution is -2.42. The van der Waals surface area contributed by atoms with Crippen molar-refractivity contribution in [1.29, 1.82) is 0 Å². The molecule has 0 unspecified atom stereocenters. The van der Waals surface area contributed by atoms with Gasteiger partial charge in [-0.05, 0) is 25.7 Å². The minimum atomic E-state index is 0.148. The molecule has 1 aliphatic rings. The molecule has 2 nitrogen and oxygen atoms in total. The zero-order valence-electron chi connectivity index (χ0n) is 8.92. The molecule has 2 rings (SSSR count). The summed E-state index contributed by atoms with van der Waals surface area (Å²) in [5.41, 5.74) is 0.148. The Morgan fingerprint density at radius 1 is 1.50 bits per heavy atom. The lowest BCUT2D eigenvalue weighted by atomic mass is 9.93.